The largest absolute Gasteiger partial charge is 0.481 e. The molecule has 1 aromatic rings. The van der Waals surface area contributed by atoms with Crippen LogP contribution in [0.2, 0.25) is 0 Å². The van der Waals surface area contributed by atoms with Crippen LogP contribution in [-0.4, -0.2) is 35.5 Å². The van der Waals surface area contributed by atoms with Crippen LogP contribution in [0.15, 0.2) is 24.3 Å². The second-order valence-electron chi connectivity index (χ2n) is 3.38. The highest BCUT2D eigenvalue weighted by Gasteiger charge is 2.12. The van der Waals surface area contributed by atoms with Crippen LogP contribution in [0, 0.1) is 5.82 Å². The van der Waals surface area contributed by atoms with E-state index in [-0.39, 0.29) is 24.4 Å². The van der Waals surface area contributed by atoms with Crippen molar-refractivity contribution >= 4 is 11.9 Å². The van der Waals surface area contributed by atoms with Crippen LogP contribution in [0.3, 0.4) is 0 Å². The summed E-state index contributed by atoms with van der Waals surface area (Å²) in [6, 6.07) is 5.30. The van der Waals surface area contributed by atoms with E-state index in [0.717, 1.165) is 6.07 Å². The quantitative estimate of drug-likeness (QED) is 0.842. The van der Waals surface area contributed by atoms with Gasteiger partial charge in [0, 0.05) is 19.2 Å². The Morgan fingerprint density at radius 2 is 2.12 bits per heavy atom. The third-order valence-corrected chi connectivity index (χ3v) is 2.08. The smallest absolute Gasteiger partial charge is 0.305 e. The molecule has 0 radical (unpaired) electrons. The van der Waals surface area contributed by atoms with Gasteiger partial charge in [-0.25, -0.2) is 4.39 Å². The second kappa shape index (κ2) is 5.25. The molecule has 1 rings (SSSR count). The van der Waals surface area contributed by atoms with Crippen molar-refractivity contribution in [3.63, 3.8) is 0 Å². The van der Waals surface area contributed by atoms with Gasteiger partial charge in [0.2, 0.25) is 0 Å². The van der Waals surface area contributed by atoms with Gasteiger partial charge in [0.15, 0.2) is 0 Å². The molecule has 0 aromatic heterocycles. The number of carboxylic acids is 1. The lowest BCUT2D eigenvalue weighted by atomic mass is 10.2. The van der Waals surface area contributed by atoms with E-state index in [2.05, 4.69) is 0 Å². The van der Waals surface area contributed by atoms with Gasteiger partial charge in [-0.2, -0.15) is 0 Å². The number of halogens is 1. The van der Waals surface area contributed by atoms with Gasteiger partial charge in [-0.15, -0.1) is 0 Å². The summed E-state index contributed by atoms with van der Waals surface area (Å²) in [5.74, 6) is -1.85. The maximum Gasteiger partial charge on any atom is 0.305 e. The Bertz CT molecular complexity index is 406. The van der Waals surface area contributed by atoms with E-state index in [4.69, 9.17) is 5.11 Å². The summed E-state index contributed by atoms with van der Waals surface area (Å²) in [6.45, 7) is 0.102. The van der Waals surface area contributed by atoms with Gasteiger partial charge >= 0.3 is 5.97 Å². The molecule has 1 N–H and O–H groups in total. The summed E-state index contributed by atoms with van der Waals surface area (Å²) in [7, 11) is 1.48. The average molecular weight is 225 g/mol. The molecule has 16 heavy (non-hydrogen) atoms. The normalized spacial score (nSPS) is 9.88. The zero-order valence-electron chi connectivity index (χ0n) is 8.81. The summed E-state index contributed by atoms with van der Waals surface area (Å²) in [4.78, 5) is 23.2. The topological polar surface area (TPSA) is 57.6 Å². The average Bonchev–Trinajstić information content (AvgIpc) is 2.24. The van der Waals surface area contributed by atoms with Crippen LogP contribution in [0.25, 0.3) is 0 Å². The van der Waals surface area contributed by atoms with Crippen LogP contribution in [0.5, 0.6) is 0 Å². The number of hydrogen-bond acceptors (Lipinski definition) is 2. The molecule has 0 aliphatic rings. The third kappa shape index (κ3) is 3.34. The fraction of sp³-hybridized carbons (Fsp3) is 0.273. The minimum Gasteiger partial charge on any atom is -0.481 e. The van der Waals surface area contributed by atoms with Crippen LogP contribution in [0.1, 0.15) is 16.8 Å². The van der Waals surface area contributed by atoms with Gasteiger partial charge in [0.05, 0.1) is 6.42 Å². The molecule has 0 atom stereocenters. The van der Waals surface area contributed by atoms with Gasteiger partial charge in [0.1, 0.15) is 5.82 Å². The molecule has 86 valence electrons. The maximum absolute atomic E-state index is 12.8. The fourth-order valence-electron chi connectivity index (χ4n) is 1.21. The number of carbonyl (C=O) groups is 2. The SMILES string of the molecule is CN(CCC(=O)O)C(=O)c1cccc(F)c1. The summed E-state index contributed by atoms with van der Waals surface area (Å²) in [6.07, 6.45) is -0.127. The minimum absolute atomic E-state index is 0.102. The Hall–Kier alpha value is -1.91. The van der Waals surface area contributed by atoms with Gasteiger partial charge in [-0.05, 0) is 18.2 Å². The molecular weight excluding hydrogens is 213 g/mol. The molecule has 0 aliphatic heterocycles. The van der Waals surface area contributed by atoms with Crippen molar-refractivity contribution in [3.05, 3.63) is 35.6 Å². The Kier molecular flexibility index (Phi) is 3.99. The molecule has 5 heteroatoms. The van der Waals surface area contributed by atoms with E-state index >= 15 is 0 Å². The van der Waals surface area contributed by atoms with Crippen molar-refractivity contribution in [1.82, 2.24) is 4.90 Å². The number of hydrogen-bond donors (Lipinski definition) is 1. The first-order valence-corrected chi connectivity index (χ1v) is 4.73. The van der Waals surface area contributed by atoms with Crippen LogP contribution < -0.4 is 0 Å². The highest BCUT2D eigenvalue weighted by atomic mass is 19.1. The lowest BCUT2D eigenvalue weighted by Crippen LogP contribution is -2.29. The molecule has 0 saturated carbocycles. The maximum atomic E-state index is 12.8. The standard InChI is InChI=1S/C11H12FNO3/c1-13(6-5-10(14)15)11(16)8-3-2-4-9(12)7-8/h2-4,7H,5-6H2,1H3,(H,14,15). The summed E-state index contributed by atoms with van der Waals surface area (Å²) < 4.78 is 12.8. The number of carbonyl (C=O) groups excluding carboxylic acids is 1. The number of carboxylic acid groups (broad SMARTS) is 1. The number of rotatable bonds is 4. The Morgan fingerprint density at radius 3 is 2.69 bits per heavy atom. The van der Waals surface area contributed by atoms with E-state index in [9.17, 15) is 14.0 Å². The lowest BCUT2D eigenvalue weighted by molar-refractivity contribution is -0.137. The molecule has 0 spiro atoms. The molecule has 0 saturated heterocycles. The molecule has 0 fully saturated rings. The van der Waals surface area contributed by atoms with Gasteiger partial charge in [0.25, 0.3) is 5.91 Å². The van der Waals surface area contributed by atoms with Gasteiger partial charge in [-0.3, -0.25) is 9.59 Å². The first-order valence-electron chi connectivity index (χ1n) is 4.73. The predicted octanol–water partition coefficient (Wildman–Crippen LogP) is 1.37. The molecule has 1 aromatic carbocycles. The van der Waals surface area contributed by atoms with E-state index in [0.29, 0.717) is 0 Å². The van der Waals surface area contributed by atoms with Gasteiger partial charge < -0.3 is 10.0 Å². The number of amides is 1. The Morgan fingerprint density at radius 1 is 1.44 bits per heavy atom. The first-order chi connectivity index (χ1) is 7.50. The summed E-state index contributed by atoms with van der Waals surface area (Å²) in [5, 5.41) is 8.46. The summed E-state index contributed by atoms with van der Waals surface area (Å²) >= 11 is 0. The van der Waals surface area contributed by atoms with Crippen molar-refractivity contribution < 1.29 is 19.1 Å². The Labute approximate surface area is 92.3 Å². The van der Waals surface area contributed by atoms with E-state index < -0.39 is 11.8 Å². The molecule has 0 heterocycles. The monoisotopic (exact) mass is 225 g/mol. The fourth-order valence-corrected chi connectivity index (χ4v) is 1.21. The minimum atomic E-state index is -0.973. The number of nitrogens with zero attached hydrogens (tertiary/aromatic N) is 1. The van der Waals surface area contributed by atoms with Gasteiger partial charge in [-0.1, -0.05) is 6.07 Å². The van der Waals surface area contributed by atoms with Crippen LogP contribution in [-0.2, 0) is 4.79 Å². The Balaban J connectivity index is 2.67. The molecular formula is C11H12FNO3. The number of benzene rings is 1. The lowest BCUT2D eigenvalue weighted by Gasteiger charge is -2.15. The second-order valence-corrected chi connectivity index (χ2v) is 3.38. The summed E-state index contributed by atoms with van der Waals surface area (Å²) in [5.41, 5.74) is 0.216. The van der Waals surface area contributed by atoms with Crippen molar-refractivity contribution in [2.45, 2.75) is 6.42 Å². The molecule has 0 unspecified atom stereocenters. The predicted molar refractivity (Wildman–Crippen MR) is 55.6 cm³/mol. The van der Waals surface area contributed by atoms with Crippen LogP contribution >= 0.6 is 0 Å². The van der Waals surface area contributed by atoms with E-state index in [1.165, 1.54) is 30.1 Å². The van der Waals surface area contributed by atoms with E-state index in [1.807, 2.05) is 0 Å². The first kappa shape index (κ1) is 12.2. The third-order valence-electron chi connectivity index (χ3n) is 2.08. The van der Waals surface area contributed by atoms with Crippen molar-refractivity contribution in [2.24, 2.45) is 0 Å². The molecule has 1 amide bonds. The molecule has 4 nitrogen and oxygen atoms in total. The van der Waals surface area contributed by atoms with Crippen molar-refractivity contribution in [2.75, 3.05) is 13.6 Å². The highest BCUT2D eigenvalue weighted by Crippen LogP contribution is 2.06. The number of aliphatic carboxylic acids is 1. The molecule has 0 aliphatic carbocycles. The van der Waals surface area contributed by atoms with E-state index in [1.54, 1.807) is 0 Å². The highest BCUT2D eigenvalue weighted by molar-refractivity contribution is 5.94. The van der Waals surface area contributed by atoms with Crippen molar-refractivity contribution in [1.29, 1.82) is 0 Å². The zero-order valence-corrected chi connectivity index (χ0v) is 8.81. The molecule has 0 bridgehead atoms. The zero-order chi connectivity index (χ0) is 12.1. The van der Waals surface area contributed by atoms with Crippen LogP contribution in [0.4, 0.5) is 4.39 Å². The van der Waals surface area contributed by atoms with Crippen molar-refractivity contribution in [3.8, 4) is 0 Å².